The third-order valence-electron chi connectivity index (χ3n) is 3.02. The van der Waals surface area contributed by atoms with Gasteiger partial charge in [-0.2, -0.15) is 0 Å². The summed E-state index contributed by atoms with van der Waals surface area (Å²) in [6.07, 6.45) is 0.945. The average molecular weight is 247 g/mol. The van der Waals surface area contributed by atoms with Crippen LogP contribution in [0, 0.1) is 0 Å². The lowest BCUT2D eigenvalue weighted by molar-refractivity contribution is -0.117. The summed E-state index contributed by atoms with van der Waals surface area (Å²) in [6.45, 7) is 7.02. The van der Waals surface area contributed by atoms with Crippen LogP contribution in [0.3, 0.4) is 0 Å². The van der Waals surface area contributed by atoms with Crippen molar-refractivity contribution in [2.75, 3.05) is 27.2 Å². The van der Waals surface area contributed by atoms with Crippen molar-refractivity contribution in [1.29, 1.82) is 0 Å². The number of rotatable bonds is 6. The second-order valence-electron chi connectivity index (χ2n) is 5.13. The van der Waals surface area contributed by atoms with Gasteiger partial charge in [-0.15, -0.1) is 0 Å². The van der Waals surface area contributed by atoms with E-state index in [1.54, 1.807) is 6.92 Å². The monoisotopic (exact) mass is 247 g/mol. The lowest BCUT2D eigenvalue weighted by Gasteiger charge is -2.29. The van der Waals surface area contributed by atoms with E-state index in [-0.39, 0.29) is 5.91 Å². The second kappa shape index (κ2) is 6.36. The largest absolute Gasteiger partial charge is 0.352 e. The van der Waals surface area contributed by atoms with Crippen LogP contribution in [0.2, 0.25) is 0 Å². The van der Waals surface area contributed by atoms with Gasteiger partial charge in [0.2, 0.25) is 5.91 Å². The highest BCUT2D eigenvalue weighted by Crippen LogP contribution is 2.17. The highest BCUT2D eigenvalue weighted by Gasteiger charge is 2.17. The average Bonchev–Trinajstić information content (AvgIpc) is 2.35. The summed E-state index contributed by atoms with van der Waals surface area (Å²) in [5.74, 6) is -0.0555. The maximum Gasteiger partial charge on any atom is 0.246 e. The Morgan fingerprint density at radius 3 is 2.44 bits per heavy atom. The number of carbonyl (C=O) groups is 1. The molecule has 1 amide bonds. The van der Waals surface area contributed by atoms with Gasteiger partial charge in [0.1, 0.15) is 5.69 Å². The van der Waals surface area contributed by atoms with E-state index >= 15 is 0 Å². The Morgan fingerprint density at radius 1 is 1.28 bits per heavy atom. The van der Waals surface area contributed by atoms with E-state index in [0.29, 0.717) is 12.1 Å². The van der Waals surface area contributed by atoms with Crippen molar-refractivity contribution in [1.82, 2.24) is 9.80 Å². The van der Waals surface area contributed by atoms with Crippen molar-refractivity contribution < 1.29 is 4.79 Å². The smallest absolute Gasteiger partial charge is 0.246 e. The van der Waals surface area contributed by atoms with Crippen molar-refractivity contribution in [3.8, 4) is 0 Å². The van der Waals surface area contributed by atoms with Crippen LogP contribution in [-0.2, 0) is 4.79 Å². The summed E-state index contributed by atoms with van der Waals surface area (Å²) in [6, 6.07) is 10.4. The number of nitrogens with zero attached hydrogens (tertiary/aromatic N) is 1. The van der Waals surface area contributed by atoms with E-state index in [1.807, 2.05) is 6.07 Å². The van der Waals surface area contributed by atoms with E-state index in [2.05, 4.69) is 50.3 Å². The molecule has 3 heteroatoms. The van der Waals surface area contributed by atoms with Crippen LogP contribution in [0.1, 0.15) is 13.3 Å². The minimum absolute atomic E-state index is 0.0555. The Morgan fingerprint density at radius 2 is 1.89 bits per heavy atom. The van der Waals surface area contributed by atoms with E-state index in [1.165, 1.54) is 5.69 Å². The number of quaternary nitrogens is 1. The van der Waals surface area contributed by atoms with Gasteiger partial charge in [-0.05, 0) is 19.1 Å². The molecule has 0 aromatic heterocycles. The number of amides is 1. The highest BCUT2D eigenvalue weighted by molar-refractivity contribution is 5.91. The van der Waals surface area contributed by atoms with Gasteiger partial charge in [-0.25, -0.2) is 0 Å². The molecule has 1 N–H and O–H groups in total. The fraction of sp³-hybridized carbons (Fsp3) is 0.400. The molecule has 0 saturated carbocycles. The maximum absolute atomic E-state index is 11.3. The predicted octanol–water partition coefficient (Wildman–Crippen LogP) is 2.34. The molecule has 0 unspecified atom stereocenters. The van der Waals surface area contributed by atoms with Crippen molar-refractivity contribution in [3.63, 3.8) is 0 Å². The molecule has 0 bridgehead atoms. The zero-order valence-electron chi connectivity index (χ0n) is 11.6. The quantitative estimate of drug-likeness (QED) is 0.466. The fourth-order valence-corrected chi connectivity index (χ4v) is 1.79. The van der Waals surface area contributed by atoms with Crippen LogP contribution in [0.25, 0.3) is 0 Å². The summed E-state index contributed by atoms with van der Waals surface area (Å²) in [7, 11) is 4.35. The van der Waals surface area contributed by atoms with Crippen molar-refractivity contribution in [3.05, 3.63) is 42.5 Å². The first-order chi connectivity index (χ1) is 8.43. The Bertz CT molecular complexity index is 410. The molecule has 0 aliphatic carbocycles. The predicted molar refractivity (Wildman–Crippen MR) is 77.4 cm³/mol. The van der Waals surface area contributed by atoms with Gasteiger partial charge < -0.3 is 5.32 Å². The summed E-state index contributed by atoms with van der Waals surface area (Å²) in [4.78, 5) is 11.3. The van der Waals surface area contributed by atoms with Gasteiger partial charge in [0.25, 0.3) is 0 Å². The van der Waals surface area contributed by atoms with Gasteiger partial charge in [0.15, 0.2) is 0 Å². The summed E-state index contributed by atoms with van der Waals surface area (Å²) < 4.78 is 0.823. The number of carbonyl (C=O) groups excluding carboxylic acids is 1. The summed E-state index contributed by atoms with van der Waals surface area (Å²) in [5.41, 5.74) is 1.84. The molecule has 0 heterocycles. The normalized spacial score (nSPS) is 11.1. The maximum atomic E-state index is 11.3. The van der Waals surface area contributed by atoms with Crippen LogP contribution in [0.4, 0.5) is 5.69 Å². The first-order valence-electron chi connectivity index (χ1n) is 6.26. The zero-order valence-corrected chi connectivity index (χ0v) is 11.6. The molecule has 0 atom stereocenters. The van der Waals surface area contributed by atoms with Crippen LogP contribution in [-0.4, -0.2) is 33.1 Å². The summed E-state index contributed by atoms with van der Waals surface area (Å²) in [5, 5.41) is 2.86. The van der Waals surface area contributed by atoms with E-state index in [0.717, 1.165) is 17.4 Å². The van der Waals surface area contributed by atoms with E-state index in [9.17, 15) is 4.79 Å². The van der Waals surface area contributed by atoms with E-state index < -0.39 is 0 Å². The summed E-state index contributed by atoms with van der Waals surface area (Å²) >= 11 is 0. The molecule has 0 radical (unpaired) electrons. The standard InChI is InChI=1S/C15H22N2O/c1-13(2)15(18)16-11-8-12-17(3,4)14-9-6-5-7-10-14/h5-7,9-10H,1,8,11-12H2,2-4H3/p+1. The number of para-hydroxylation sites is 1. The van der Waals surface area contributed by atoms with Crippen LogP contribution < -0.4 is 9.80 Å². The molecule has 0 aliphatic rings. The third kappa shape index (κ3) is 4.34. The van der Waals surface area contributed by atoms with Crippen LogP contribution in [0.15, 0.2) is 42.5 Å². The van der Waals surface area contributed by atoms with Crippen molar-refractivity contribution in [2.24, 2.45) is 0 Å². The van der Waals surface area contributed by atoms with Gasteiger partial charge in [0.05, 0.1) is 20.6 Å². The highest BCUT2D eigenvalue weighted by atomic mass is 16.1. The Kier molecular flexibility index (Phi) is 5.10. The molecule has 1 rings (SSSR count). The fourth-order valence-electron chi connectivity index (χ4n) is 1.79. The number of hydrogen-bond donors (Lipinski definition) is 1. The molecule has 98 valence electrons. The number of benzene rings is 1. The SMILES string of the molecule is C=C(C)C(=O)NCCC[N+](C)(C)c1ccccc1. The molecule has 0 aliphatic heterocycles. The Hall–Kier alpha value is -1.61. The van der Waals surface area contributed by atoms with Gasteiger partial charge in [0, 0.05) is 18.5 Å². The molecule has 1 aromatic carbocycles. The van der Waals surface area contributed by atoms with Crippen molar-refractivity contribution >= 4 is 11.6 Å². The minimum Gasteiger partial charge on any atom is -0.352 e. The molecule has 18 heavy (non-hydrogen) atoms. The molecular weight excluding hydrogens is 224 g/mol. The first kappa shape index (κ1) is 14.5. The van der Waals surface area contributed by atoms with Gasteiger partial charge in [-0.3, -0.25) is 9.28 Å². The second-order valence-corrected chi connectivity index (χ2v) is 5.13. The Balaban J connectivity index is 2.39. The van der Waals surface area contributed by atoms with Crippen LogP contribution in [0.5, 0.6) is 0 Å². The molecule has 0 saturated heterocycles. The molecule has 0 fully saturated rings. The number of hydrogen-bond acceptors (Lipinski definition) is 1. The molecule has 1 aromatic rings. The lowest BCUT2D eigenvalue weighted by atomic mass is 10.2. The topological polar surface area (TPSA) is 29.1 Å². The van der Waals surface area contributed by atoms with Crippen LogP contribution >= 0.6 is 0 Å². The van der Waals surface area contributed by atoms with Crippen molar-refractivity contribution in [2.45, 2.75) is 13.3 Å². The molecule has 0 spiro atoms. The molecular formula is C15H23N2O+. The third-order valence-corrected chi connectivity index (χ3v) is 3.02. The zero-order chi connectivity index (χ0) is 13.6. The van der Waals surface area contributed by atoms with E-state index in [4.69, 9.17) is 0 Å². The Labute approximate surface area is 110 Å². The van der Waals surface area contributed by atoms with Gasteiger partial charge >= 0.3 is 0 Å². The first-order valence-corrected chi connectivity index (χ1v) is 6.26. The minimum atomic E-state index is -0.0555. The molecule has 3 nitrogen and oxygen atoms in total. The lowest BCUT2D eigenvalue weighted by Crippen LogP contribution is -2.42. The van der Waals surface area contributed by atoms with Gasteiger partial charge in [-0.1, -0.05) is 24.8 Å². The number of nitrogens with one attached hydrogen (secondary N) is 1.